The van der Waals surface area contributed by atoms with Crippen LogP contribution in [-0.2, 0) is 4.79 Å². The summed E-state index contributed by atoms with van der Waals surface area (Å²) in [4.78, 5) is 20.2. The first-order valence-electron chi connectivity index (χ1n) is 4.35. The van der Waals surface area contributed by atoms with Crippen molar-refractivity contribution in [1.29, 1.82) is 0 Å². The van der Waals surface area contributed by atoms with Crippen molar-refractivity contribution in [3.63, 3.8) is 0 Å². The minimum absolute atomic E-state index is 0.269. The molecule has 0 heterocycles. The summed E-state index contributed by atoms with van der Waals surface area (Å²) >= 11 is 8.43. The van der Waals surface area contributed by atoms with E-state index in [2.05, 4.69) is 30.4 Å². The Labute approximate surface area is 89.5 Å². The van der Waals surface area contributed by atoms with Crippen molar-refractivity contribution in [2.45, 2.75) is 37.4 Å². The second-order valence-electron chi connectivity index (χ2n) is 2.90. The van der Waals surface area contributed by atoms with Crippen molar-refractivity contribution in [2.24, 2.45) is 5.18 Å². The van der Waals surface area contributed by atoms with Gasteiger partial charge < -0.3 is 0 Å². The third-order valence-corrected chi connectivity index (χ3v) is 2.52. The lowest BCUT2D eigenvalue weighted by atomic mass is 10.1. The smallest absolute Gasteiger partial charge is 0.269 e. The van der Waals surface area contributed by atoms with E-state index >= 15 is 0 Å². The molecule has 1 atom stereocenters. The Balaban J connectivity index is 3.24. The molecule has 0 spiro atoms. The van der Waals surface area contributed by atoms with Gasteiger partial charge in [-0.1, -0.05) is 6.42 Å². The largest absolute Gasteiger partial charge is 0.286 e. The molecule has 0 rings (SSSR count). The Morgan fingerprint density at radius 2 is 2.00 bits per heavy atom. The molecule has 0 aliphatic carbocycles. The van der Waals surface area contributed by atoms with Gasteiger partial charge in [-0.2, -0.15) is 25.3 Å². The van der Waals surface area contributed by atoms with Crippen LogP contribution in [0.1, 0.15) is 32.1 Å². The summed E-state index contributed by atoms with van der Waals surface area (Å²) in [5, 5.41) is 2.68. The SMILES string of the molecule is O=NC(=O)CCCCC(S)CCS. The zero-order valence-corrected chi connectivity index (χ0v) is 9.27. The van der Waals surface area contributed by atoms with Crippen LogP contribution in [0.15, 0.2) is 5.18 Å². The number of amides is 1. The molecule has 0 radical (unpaired) electrons. The number of nitroso groups, excluding NO2 is 1. The molecular weight excluding hydrogens is 206 g/mol. The third kappa shape index (κ3) is 8.30. The number of unbranched alkanes of at least 4 members (excludes halogenated alkanes) is 1. The average molecular weight is 221 g/mol. The van der Waals surface area contributed by atoms with Gasteiger partial charge >= 0.3 is 0 Å². The molecule has 0 bridgehead atoms. The lowest BCUT2D eigenvalue weighted by Gasteiger charge is -2.06. The predicted molar refractivity (Wildman–Crippen MR) is 60.5 cm³/mol. The van der Waals surface area contributed by atoms with Crippen LogP contribution in [-0.4, -0.2) is 16.9 Å². The van der Waals surface area contributed by atoms with Crippen molar-refractivity contribution in [3.05, 3.63) is 4.91 Å². The van der Waals surface area contributed by atoms with Gasteiger partial charge in [0.25, 0.3) is 5.91 Å². The van der Waals surface area contributed by atoms with Gasteiger partial charge in [-0.05, 0) is 25.0 Å². The second-order valence-corrected chi connectivity index (χ2v) is 4.07. The summed E-state index contributed by atoms with van der Waals surface area (Å²) in [6.07, 6.45) is 3.87. The van der Waals surface area contributed by atoms with E-state index in [-0.39, 0.29) is 6.42 Å². The fourth-order valence-corrected chi connectivity index (χ4v) is 1.82. The molecule has 76 valence electrons. The van der Waals surface area contributed by atoms with E-state index in [4.69, 9.17) is 0 Å². The summed E-state index contributed by atoms with van der Waals surface area (Å²) in [5.74, 6) is 0.285. The molecular formula is C8H15NO2S2. The standard InChI is InChI=1S/C8H15NO2S2/c10-8(9-11)4-2-1-3-7(13)5-6-12/h7,12-13H,1-6H2. The van der Waals surface area contributed by atoms with E-state index in [1.165, 1.54) is 0 Å². The predicted octanol–water partition coefficient (Wildman–Crippen LogP) is 2.46. The number of thiol groups is 2. The van der Waals surface area contributed by atoms with Crippen LogP contribution in [0.5, 0.6) is 0 Å². The summed E-state index contributed by atoms with van der Waals surface area (Å²) < 4.78 is 0. The van der Waals surface area contributed by atoms with Crippen LogP contribution in [0.4, 0.5) is 0 Å². The highest BCUT2D eigenvalue weighted by Gasteiger charge is 2.03. The van der Waals surface area contributed by atoms with Gasteiger partial charge in [-0.15, -0.1) is 4.91 Å². The number of rotatable bonds is 7. The van der Waals surface area contributed by atoms with Crippen LogP contribution in [0.2, 0.25) is 0 Å². The molecule has 0 saturated heterocycles. The molecule has 0 aromatic heterocycles. The Morgan fingerprint density at radius 1 is 1.31 bits per heavy atom. The molecule has 0 N–H and O–H groups in total. The lowest BCUT2D eigenvalue weighted by Crippen LogP contribution is -2.00. The highest BCUT2D eigenvalue weighted by atomic mass is 32.1. The first-order chi connectivity index (χ1) is 6.20. The quantitative estimate of drug-likeness (QED) is 0.394. The normalized spacial score (nSPS) is 12.5. The summed E-state index contributed by atoms with van der Waals surface area (Å²) in [6, 6.07) is 0. The van der Waals surface area contributed by atoms with Gasteiger partial charge in [0.05, 0.1) is 0 Å². The molecule has 3 nitrogen and oxygen atoms in total. The molecule has 5 heteroatoms. The minimum Gasteiger partial charge on any atom is -0.269 e. The average Bonchev–Trinajstić information content (AvgIpc) is 2.12. The highest BCUT2D eigenvalue weighted by molar-refractivity contribution is 7.81. The fraction of sp³-hybridized carbons (Fsp3) is 0.875. The van der Waals surface area contributed by atoms with E-state index in [0.717, 1.165) is 31.4 Å². The molecule has 1 unspecified atom stereocenters. The van der Waals surface area contributed by atoms with Gasteiger partial charge in [0, 0.05) is 16.8 Å². The van der Waals surface area contributed by atoms with E-state index < -0.39 is 5.91 Å². The molecule has 0 saturated carbocycles. The Bertz CT molecular complexity index is 164. The zero-order chi connectivity index (χ0) is 10.1. The van der Waals surface area contributed by atoms with Crippen LogP contribution < -0.4 is 0 Å². The number of nitrogens with zero attached hydrogens (tertiary/aromatic N) is 1. The first kappa shape index (κ1) is 13.0. The minimum atomic E-state index is -0.551. The Morgan fingerprint density at radius 3 is 2.54 bits per heavy atom. The van der Waals surface area contributed by atoms with Crippen molar-refractivity contribution < 1.29 is 4.79 Å². The maximum absolute atomic E-state index is 10.5. The zero-order valence-electron chi connectivity index (χ0n) is 7.48. The Hall–Kier alpha value is -0.0300. The molecule has 0 aliphatic heterocycles. The molecule has 0 fully saturated rings. The number of carbonyl (C=O) groups excluding carboxylic acids is 1. The van der Waals surface area contributed by atoms with Crippen molar-refractivity contribution in [1.82, 2.24) is 0 Å². The second kappa shape index (κ2) is 8.56. The summed E-state index contributed by atoms with van der Waals surface area (Å²) in [7, 11) is 0. The molecule has 0 aromatic carbocycles. The van der Waals surface area contributed by atoms with Gasteiger partial charge in [0.2, 0.25) is 0 Å². The molecule has 13 heavy (non-hydrogen) atoms. The number of hydrogen-bond donors (Lipinski definition) is 2. The van der Waals surface area contributed by atoms with Crippen molar-refractivity contribution >= 4 is 31.2 Å². The van der Waals surface area contributed by atoms with Crippen LogP contribution in [0.25, 0.3) is 0 Å². The van der Waals surface area contributed by atoms with E-state index in [0.29, 0.717) is 5.25 Å². The molecule has 0 aromatic rings. The van der Waals surface area contributed by atoms with E-state index in [1.807, 2.05) is 0 Å². The number of hydrogen-bond acceptors (Lipinski definition) is 4. The summed E-state index contributed by atoms with van der Waals surface area (Å²) in [5.41, 5.74) is 0. The van der Waals surface area contributed by atoms with Crippen molar-refractivity contribution in [2.75, 3.05) is 5.75 Å². The monoisotopic (exact) mass is 221 g/mol. The molecule has 1 amide bonds. The van der Waals surface area contributed by atoms with Gasteiger partial charge in [0.1, 0.15) is 0 Å². The van der Waals surface area contributed by atoms with E-state index in [1.54, 1.807) is 0 Å². The van der Waals surface area contributed by atoms with Gasteiger partial charge in [-0.3, -0.25) is 4.79 Å². The van der Waals surface area contributed by atoms with Crippen LogP contribution in [0, 0.1) is 4.91 Å². The van der Waals surface area contributed by atoms with Gasteiger partial charge in [-0.25, -0.2) is 0 Å². The molecule has 0 aliphatic rings. The summed E-state index contributed by atoms with van der Waals surface area (Å²) in [6.45, 7) is 0. The number of carbonyl (C=O) groups is 1. The fourth-order valence-electron chi connectivity index (χ4n) is 0.995. The maximum Gasteiger partial charge on any atom is 0.286 e. The highest BCUT2D eigenvalue weighted by Crippen LogP contribution is 2.12. The third-order valence-electron chi connectivity index (χ3n) is 1.74. The Kier molecular flexibility index (Phi) is 8.54. The van der Waals surface area contributed by atoms with Gasteiger partial charge in [0.15, 0.2) is 0 Å². The lowest BCUT2D eigenvalue weighted by molar-refractivity contribution is -0.118. The topological polar surface area (TPSA) is 46.5 Å². The first-order valence-corrected chi connectivity index (χ1v) is 5.50. The van der Waals surface area contributed by atoms with E-state index in [9.17, 15) is 9.70 Å². The van der Waals surface area contributed by atoms with Crippen LogP contribution >= 0.6 is 25.3 Å². The van der Waals surface area contributed by atoms with Crippen LogP contribution in [0.3, 0.4) is 0 Å². The maximum atomic E-state index is 10.5. The van der Waals surface area contributed by atoms with Crippen molar-refractivity contribution in [3.8, 4) is 0 Å².